The quantitative estimate of drug-likeness (QED) is 0.667. The minimum Gasteiger partial charge on any atom is -0.493 e. The third-order valence-corrected chi connectivity index (χ3v) is 3.97. The van der Waals surface area contributed by atoms with Gasteiger partial charge >= 0.3 is 0 Å². The number of benzene rings is 2. The number of hydrazine groups is 1. The molecule has 0 radical (unpaired) electrons. The number of nitrogens with zero attached hydrogens (tertiary/aromatic N) is 1. The Labute approximate surface area is 125 Å². The van der Waals surface area contributed by atoms with Crippen LogP contribution < -0.4 is 20.9 Å². The van der Waals surface area contributed by atoms with E-state index >= 15 is 0 Å². The van der Waals surface area contributed by atoms with Gasteiger partial charge in [0, 0.05) is 31.8 Å². The van der Waals surface area contributed by atoms with Crippen molar-refractivity contribution in [1.29, 1.82) is 0 Å². The SMILES string of the molecule is CN(C)c1ccc(C(NN)c2cccc3c2OCC3)cc1. The van der Waals surface area contributed by atoms with Gasteiger partial charge in [-0.3, -0.25) is 5.84 Å². The van der Waals surface area contributed by atoms with Crippen LogP contribution in [0.15, 0.2) is 42.5 Å². The molecule has 1 aliphatic heterocycles. The zero-order valence-corrected chi connectivity index (χ0v) is 12.5. The Kier molecular flexibility index (Phi) is 3.82. The lowest BCUT2D eigenvalue weighted by molar-refractivity contribution is 0.350. The van der Waals surface area contributed by atoms with Crippen LogP contribution in [0.25, 0.3) is 0 Å². The van der Waals surface area contributed by atoms with E-state index in [9.17, 15) is 0 Å². The molecule has 4 nitrogen and oxygen atoms in total. The van der Waals surface area contributed by atoms with Crippen molar-refractivity contribution in [2.45, 2.75) is 12.5 Å². The van der Waals surface area contributed by atoms with Gasteiger partial charge in [0.05, 0.1) is 12.6 Å². The highest BCUT2D eigenvalue weighted by Crippen LogP contribution is 2.36. The number of nitrogens with two attached hydrogens (primary N) is 1. The Balaban J connectivity index is 1.97. The average Bonchev–Trinajstić information content (AvgIpc) is 2.98. The minimum absolute atomic E-state index is 0.0609. The topological polar surface area (TPSA) is 50.5 Å². The third-order valence-electron chi connectivity index (χ3n) is 3.97. The first kappa shape index (κ1) is 13.9. The van der Waals surface area contributed by atoms with E-state index in [1.54, 1.807) is 0 Å². The summed E-state index contributed by atoms with van der Waals surface area (Å²) in [5.41, 5.74) is 7.59. The zero-order chi connectivity index (χ0) is 14.8. The molecule has 21 heavy (non-hydrogen) atoms. The summed E-state index contributed by atoms with van der Waals surface area (Å²) < 4.78 is 5.79. The van der Waals surface area contributed by atoms with E-state index in [4.69, 9.17) is 10.6 Å². The molecule has 4 heteroatoms. The Morgan fingerprint density at radius 2 is 1.90 bits per heavy atom. The smallest absolute Gasteiger partial charge is 0.127 e. The predicted octanol–water partition coefficient (Wildman–Crippen LogP) is 2.24. The molecule has 1 heterocycles. The van der Waals surface area contributed by atoms with Gasteiger partial charge in [0.2, 0.25) is 0 Å². The van der Waals surface area contributed by atoms with E-state index in [1.807, 2.05) is 14.1 Å². The third kappa shape index (κ3) is 2.60. The summed E-state index contributed by atoms with van der Waals surface area (Å²) in [7, 11) is 4.07. The van der Waals surface area contributed by atoms with E-state index in [0.717, 1.165) is 29.9 Å². The van der Waals surface area contributed by atoms with Crippen molar-refractivity contribution in [2.75, 3.05) is 25.6 Å². The summed E-state index contributed by atoms with van der Waals surface area (Å²) in [6.07, 6.45) is 0.972. The van der Waals surface area contributed by atoms with E-state index in [1.165, 1.54) is 11.3 Å². The molecule has 2 aromatic rings. The Morgan fingerprint density at radius 3 is 2.57 bits per heavy atom. The number of rotatable bonds is 4. The van der Waals surface area contributed by atoms with E-state index in [2.05, 4.69) is 52.8 Å². The molecule has 0 aromatic heterocycles. The minimum atomic E-state index is -0.0609. The van der Waals surface area contributed by atoms with Crippen molar-refractivity contribution in [3.05, 3.63) is 59.2 Å². The molecule has 0 aliphatic carbocycles. The molecule has 3 N–H and O–H groups in total. The second-order valence-electron chi connectivity index (χ2n) is 5.52. The van der Waals surface area contributed by atoms with Crippen LogP contribution in [0.1, 0.15) is 22.7 Å². The average molecular weight is 283 g/mol. The van der Waals surface area contributed by atoms with Crippen LogP contribution in [0.3, 0.4) is 0 Å². The van der Waals surface area contributed by atoms with Crippen LogP contribution in [-0.2, 0) is 6.42 Å². The highest BCUT2D eigenvalue weighted by Gasteiger charge is 2.22. The summed E-state index contributed by atoms with van der Waals surface area (Å²) >= 11 is 0. The lowest BCUT2D eigenvalue weighted by atomic mass is 9.96. The summed E-state index contributed by atoms with van der Waals surface area (Å²) in [6.45, 7) is 0.753. The molecule has 1 aliphatic rings. The summed E-state index contributed by atoms with van der Waals surface area (Å²) in [5.74, 6) is 6.80. The number of fused-ring (bicyclic) bond motifs is 1. The number of ether oxygens (including phenoxy) is 1. The largest absolute Gasteiger partial charge is 0.493 e. The van der Waals surface area contributed by atoms with Crippen molar-refractivity contribution in [3.8, 4) is 5.75 Å². The maximum Gasteiger partial charge on any atom is 0.127 e. The number of nitrogens with one attached hydrogen (secondary N) is 1. The second kappa shape index (κ2) is 5.76. The highest BCUT2D eigenvalue weighted by atomic mass is 16.5. The standard InChI is InChI=1S/C17H21N3O/c1-20(2)14-8-6-12(7-9-14)16(19-18)15-5-3-4-13-10-11-21-17(13)15/h3-9,16,19H,10-11,18H2,1-2H3. The maximum atomic E-state index is 5.81. The molecule has 0 amide bonds. The summed E-state index contributed by atoms with van der Waals surface area (Å²) in [4.78, 5) is 2.08. The van der Waals surface area contributed by atoms with Gasteiger partial charge in [0.15, 0.2) is 0 Å². The molecule has 1 atom stereocenters. The first-order chi connectivity index (χ1) is 10.2. The molecule has 110 valence electrons. The molecule has 0 fully saturated rings. The van der Waals surface area contributed by atoms with Crippen LogP contribution in [0.5, 0.6) is 5.75 Å². The van der Waals surface area contributed by atoms with Gasteiger partial charge < -0.3 is 9.64 Å². The van der Waals surface area contributed by atoms with Gasteiger partial charge in [-0.05, 0) is 23.3 Å². The van der Waals surface area contributed by atoms with Gasteiger partial charge in [-0.2, -0.15) is 0 Å². The number of hydrogen-bond donors (Lipinski definition) is 2. The Hall–Kier alpha value is -2.04. The summed E-state index contributed by atoms with van der Waals surface area (Å²) in [5, 5.41) is 0. The Morgan fingerprint density at radius 1 is 1.14 bits per heavy atom. The predicted molar refractivity (Wildman–Crippen MR) is 85.6 cm³/mol. The van der Waals surface area contributed by atoms with Crippen molar-refractivity contribution < 1.29 is 4.74 Å². The number of hydrogen-bond acceptors (Lipinski definition) is 4. The molecule has 1 unspecified atom stereocenters. The first-order valence-electron chi connectivity index (χ1n) is 7.18. The van der Waals surface area contributed by atoms with Gasteiger partial charge in [-0.15, -0.1) is 0 Å². The van der Waals surface area contributed by atoms with Gasteiger partial charge in [0.1, 0.15) is 5.75 Å². The first-order valence-corrected chi connectivity index (χ1v) is 7.18. The van der Waals surface area contributed by atoms with Crippen molar-refractivity contribution in [3.63, 3.8) is 0 Å². The van der Waals surface area contributed by atoms with Gasteiger partial charge in [-0.25, -0.2) is 5.43 Å². The molecule has 0 spiro atoms. The van der Waals surface area contributed by atoms with Gasteiger partial charge in [0.25, 0.3) is 0 Å². The lowest BCUT2D eigenvalue weighted by Gasteiger charge is -2.20. The monoisotopic (exact) mass is 283 g/mol. The van der Waals surface area contributed by atoms with Crippen molar-refractivity contribution >= 4 is 5.69 Å². The lowest BCUT2D eigenvalue weighted by Crippen LogP contribution is -2.29. The number of anilines is 1. The van der Waals surface area contributed by atoms with Gasteiger partial charge in [-0.1, -0.05) is 30.3 Å². The molecule has 3 rings (SSSR count). The summed E-state index contributed by atoms with van der Waals surface area (Å²) in [6, 6.07) is 14.6. The highest BCUT2D eigenvalue weighted by molar-refractivity contribution is 5.51. The molecular weight excluding hydrogens is 262 g/mol. The van der Waals surface area contributed by atoms with E-state index in [-0.39, 0.29) is 6.04 Å². The fraction of sp³-hybridized carbons (Fsp3) is 0.294. The normalized spacial score (nSPS) is 14.4. The van der Waals surface area contributed by atoms with Crippen molar-refractivity contribution in [1.82, 2.24) is 5.43 Å². The zero-order valence-electron chi connectivity index (χ0n) is 12.5. The molecule has 0 bridgehead atoms. The maximum absolute atomic E-state index is 5.81. The fourth-order valence-electron chi connectivity index (χ4n) is 2.80. The fourth-order valence-corrected chi connectivity index (χ4v) is 2.80. The van der Waals surface area contributed by atoms with Crippen LogP contribution in [0.4, 0.5) is 5.69 Å². The second-order valence-corrected chi connectivity index (χ2v) is 5.52. The van der Waals surface area contributed by atoms with Crippen LogP contribution in [0.2, 0.25) is 0 Å². The van der Waals surface area contributed by atoms with Crippen LogP contribution in [-0.4, -0.2) is 20.7 Å². The van der Waals surface area contributed by atoms with E-state index < -0.39 is 0 Å². The number of para-hydroxylation sites is 1. The molecular formula is C17H21N3O. The van der Waals surface area contributed by atoms with Crippen LogP contribution in [0, 0.1) is 0 Å². The van der Waals surface area contributed by atoms with E-state index in [0.29, 0.717) is 0 Å². The Bertz CT molecular complexity index is 622. The van der Waals surface area contributed by atoms with Crippen LogP contribution >= 0.6 is 0 Å². The molecule has 0 saturated heterocycles. The molecule has 2 aromatic carbocycles. The molecule has 0 saturated carbocycles. The van der Waals surface area contributed by atoms with Crippen molar-refractivity contribution in [2.24, 2.45) is 5.84 Å².